The second kappa shape index (κ2) is 10.3. The predicted molar refractivity (Wildman–Crippen MR) is 148 cm³/mol. The Morgan fingerprint density at radius 2 is 1.69 bits per heavy atom. The molecule has 218 valence electrons. The van der Waals surface area contributed by atoms with Crippen molar-refractivity contribution in [1.82, 2.24) is 24.5 Å². The lowest BCUT2D eigenvalue weighted by Gasteiger charge is -2.58. The number of ether oxygens (including phenoxy) is 1. The van der Waals surface area contributed by atoms with Crippen molar-refractivity contribution >= 4 is 17.7 Å². The van der Waals surface area contributed by atoms with Crippen LogP contribution in [0.3, 0.4) is 0 Å². The molecule has 6 rings (SSSR count). The Labute approximate surface area is 234 Å². The summed E-state index contributed by atoms with van der Waals surface area (Å²) >= 11 is 0. The van der Waals surface area contributed by atoms with Crippen molar-refractivity contribution in [1.29, 1.82) is 0 Å². The van der Waals surface area contributed by atoms with Gasteiger partial charge in [0.15, 0.2) is 0 Å². The molecule has 0 bridgehead atoms. The average Bonchev–Trinajstić information content (AvgIpc) is 3.47. The highest BCUT2D eigenvalue weighted by Gasteiger charge is 2.56. The van der Waals surface area contributed by atoms with Crippen LogP contribution in [0, 0.1) is 11.8 Å². The van der Waals surface area contributed by atoms with Crippen LogP contribution in [0.25, 0.3) is 0 Å². The molecule has 0 N–H and O–H groups in total. The van der Waals surface area contributed by atoms with Crippen LogP contribution in [-0.4, -0.2) is 130 Å². The van der Waals surface area contributed by atoms with Crippen molar-refractivity contribution in [3.8, 4) is 0 Å². The quantitative estimate of drug-likeness (QED) is 0.476. The van der Waals surface area contributed by atoms with Crippen molar-refractivity contribution in [3.05, 3.63) is 0 Å². The summed E-state index contributed by atoms with van der Waals surface area (Å²) in [7, 11) is 0. The largest absolute Gasteiger partial charge is 0.378 e. The molecule has 0 aromatic carbocycles. The van der Waals surface area contributed by atoms with Gasteiger partial charge in [0.05, 0.1) is 30.7 Å². The van der Waals surface area contributed by atoms with Gasteiger partial charge in [-0.05, 0) is 78.6 Å². The minimum absolute atomic E-state index is 0.0346. The molecule has 6 aliphatic heterocycles. The third-order valence-electron chi connectivity index (χ3n) is 10.9. The van der Waals surface area contributed by atoms with Crippen LogP contribution in [0.5, 0.6) is 0 Å². The lowest BCUT2D eigenvalue weighted by atomic mass is 9.72. The highest BCUT2D eigenvalue weighted by atomic mass is 16.5. The van der Waals surface area contributed by atoms with Crippen LogP contribution in [0.4, 0.5) is 0 Å². The van der Waals surface area contributed by atoms with Crippen molar-refractivity contribution in [2.75, 3.05) is 45.9 Å². The number of rotatable bonds is 6. The molecule has 0 radical (unpaired) electrons. The summed E-state index contributed by atoms with van der Waals surface area (Å²) < 4.78 is 6.32. The van der Waals surface area contributed by atoms with Gasteiger partial charge in [-0.1, -0.05) is 0 Å². The summed E-state index contributed by atoms with van der Waals surface area (Å²) in [5.41, 5.74) is -0.0346. The van der Waals surface area contributed by atoms with E-state index in [1.807, 2.05) is 4.90 Å². The van der Waals surface area contributed by atoms with Gasteiger partial charge in [-0.15, -0.1) is 0 Å². The van der Waals surface area contributed by atoms with Gasteiger partial charge < -0.3 is 19.4 Å². The van der Waals surface area contributed by atoms with Gasteiger partial charge in [0.25, 0.3) is 0 Å². The van der Waals surface area contributed by atoms with Gasteiger partial charge in [0, 0.05) is 63.5 Å². The van der Waals surface area contributed by atoms with E-state index in [1.54, 1.807) is 0 Å². The van der Waals surface area contributed by atoms with Crippen LogP contribution >= 0.6 is 0 Å². The first-order valence-corrected chi connectivity index (χ1v) is 15.6. The van der Waals surface area contributed by atoms with E-state index in [9.17, 15) is 14.4 Å². The molecule has 6 heterocycles. The standard InChI is InChI=1S/C30H49N5O4/c1-19(2)34-17-24-11-22(15-32(24)18-28(34)37)10-21(5)33-8-7-31-16-23(12-25(31)29(33)38)26-13-30(6-9-39-26)14-27(36)35(30)20(3)4/h19-26H,6-18H2,1-5H3/t21-,22?,23?,24?,25?,26?,30?/m1/s1. The van der Waals surface area contributed by atoms with Crippen molar-refractivity contribution in [3.63, 3.8) is 0 Å². The summed E-state index contributed by atoms with van der Waals surface area (Å²) in [6, 6.07) is 1.13. The highest BCUT2D eigenvalue weighted by Crippen LogP contribution is 2.46. The molecular weight excluding hydrogens is 494 g/mol. The van der Waals surface area contributed by atoms with Gasteiger partial charge in [-0.25, -0.2) is 0 Å². The van der Waals surface area contributed by atoms with Gasteiger partial charge in [0.2, 0.25) is 17.7 Å². The molecule has 9 heteroatoms. The molecule has 1 spiro atoms. The number of amides is 3. The first kappa shape index (κ1) is 27.5. The summed E-state index contributed by atoms with van der Waals surface area (Å²) in [6.07, 6.45) is 5.62. The Kier molecular flexibility index (Phi) is 7.24. The number of hydrogen-bond acceptors (Lipinski definition) is 6. The maximum absolute atomic E-state index is 13.8. The fourth-order valence-electron chi connectivity index (χ4n) is 9.11. The summed E-state index contributed by atoms with van der Waals surface area (Å²) in [5, 5.41) is 0. The molecular formula is C30H49N5O4. The summed E-state index contributed by atoms with van der Waals surface area (Å²) in [4.78, 5) is 49.8. The number of piperazine rings is 2. The molecule has 0 aliphatic carbocycles. The normalized spacial score (nSPS) is 38.7. The fourth-order valence-corrected chi connectivity index (χ4v) is 9.11. The number of hydrogen-bond donors (Lipinski definition) is 0. The average molecular weight is 544 g/mol. The molecule has 3 amide bonds. The molecule has 0 aromatic rings. The zero-order chi connectivity index (χ0) is 27.6. The van der Waals surface area contributed by atoms with E-state index in [0.29, 0.717) is 43.4 Å². The summed E-state index contributed by atoms with van der Waals surface area (Å²) in [6.45, 7) is 16.4. The van der Waals surface area contributed by atoms with Crippen LogP contribution in [0.15, 0.2) is 0 Å². The molecule has 6 saturated heterocycles. The maximum Gasteiger partial charge on any atom is 0.240 e. The monoisotopic (exact) mass is 543 g/mol. The molecule has 39 heavy (non-hydrogen) atoms. The highest BCUT2D eigenvalue weighted by molar-refractivity contribution is 5.85. The molecule has 7 atom stereocenters. The molecule has 6 aliphatic rings. The molecule has 9 nitrogen and oxygen atoms in total. The van der Waals surface area contributed by atoms with Crippen molar-refractivity contribution in [2.24, 2.45) is 11.8 Å². The van der Waals surface area contributed by atoms with E-state index in [0.717, 1.165) is 64.8 Å². The van der Waals surface area contributed by atoms with Crippen molar-refractivity contribution in [2.45, 2.75) is 115 Å². The topological polar surface area (TPSA) is 76.6 Å². The Morgan fingerprint density at radius 3 is 2.41 bits per heavy atom. The molecule has 6 unspecified atom stereocenters. The SMILES string of the molecule is CC(C)N1CC2CC(C[C@@H](C)N3CCN4CC(C5CC6(CCO5)CC(=O)N6C(C)C)CC4C3=O)CN2CC1=O. The van der Waals surface area contributed by atoms with Crippen molar-refractivity contribution < 1.29 is 19.1 Å². The molecule has 0 aromatic heterocycles. The Bertz CT molecular complexity index is 988. The van der Waals surface area contributed by atoms with Gasteiger partial charge in [0.1, 0.15) is 0 Å². The second-order valence-corrected chi connectivity index (χ2v) is 14.1. The van der Waals surface area contributed by atoms with E-state index in [4.69, 9.17) is 4.74 Å². The van der Waals surface area contributed by atoms with E-state index >= 15 is 0 Å². The smallest absolute Gasteiger partial charge is 0.240 e. The third kappa shape index (κ3) is 4.80. The van der Waals surface area contributed by atoms with E-state index in [1.165, 1.54) is 0 Å². The van der Waals surface area contributed by atoms with Crippen LogP contribution in [-0.2, 0) is 19.1 Å². The van der Waals surface area contributed by atoms with E-state index < -0.39 is 0 Å². The zero-order valence-corrected chi connectivity index (χ0v) is 24.7. The van der Waals surface area contributed by atoms with Gasteiger partial charge >= 0.3 is 0 Å². The number of likely N-dealkylation sites (tertiary alicyclic amines) is 1. The number of fused-ring (bicyclic) bond motifs is 2. The van der Waals surface area contributed by atoms with Gasteiger partial charge in [-0.3, -0.25) is 24.2 Å². The fraction of sp³-hybridized carbons (Fsp3) is 0.900. The van der Waals surface area contributed by atoms with E-state index in [-0.39, 0.29) is 47.6 Å². The zero-order valence-electron chi connectivity index (χ0n) is 24.7. The minimum Gasteiger partial charge on any atom is -0.378 e. The lowest BCUT2D eigenvalue weighted by Crippen LogP contribution is -2.69. The first-order chi connectivity index (χ1) is 18.6. The second-order valence-electron chi connectivity index (χ2n) is 14.1. The lowest BCUT2D eigenvalue weighted by molar-refractivity contribution is -0.180. The van der Waals surface area contributed by atoms with Crippen LogP contribution in [0.2, 0.25) is 0 Å². The van der Waals surface area contributed by atoms with Gasteiger partial charge in [-0.2, -0.15) is 0 Å². The molecule has 0 saturated carbocycles. The van der Waals surface area contributed by atoms with Crippen LogP contribution in [0.1, 0.15) is 73.1 Å². The number of nitrogens with zero attached hydrogens (tertiary/aromatic N) is 5. The number of carbonyl (C=O) groups is 3. The molecule has 6 fully saturated rings. The minimum atomic E-state index is -0.0379. The van der Waals surface area contributed by atoms with E-state index in [2.05, 4.69) is 54.2 Å². The third-order valence-corrected chi connectivity index (χ3v) is 10.9. The predicted octanol–water partition coefficient (Wildman–Crippen LogP) is 1.80. The summed E-state index contributed by atoms with van der Waals surface area (Å²) in [5.74, 6) is 1.71. The maximum atomic E-state index is 13.8. The number of β-lactam (4-membered cyclic amide) rings is 1. The number of carbonyl (C=O) groups excluding carboxylic acids is 3. The first-order valence-electron chi connectivity index (χ1n) is 15.6. The Balaban J connectivity index is 1.04. The van der Waals surface area contributed by atoms with Crippen LogP contribution < -0.4 is 0 Å². The Hall–Kier alpha value is -1.71. The Morgan fingerprint density at radius 1 is 0.897 bits per heavy atom.